The number of aryl methyl sites for hydroxylation is 1. The van der Waals surface area contributed by atoms with Crippen LogP contribution in [0.2, 0.25) is 0 Å². The van der Waals surface area contributed by atoms with Gasteiger partial charge in [-0.3, -0.25) is 4.79 Å². The van der Waals surface area contributed by atoms with Gasteiger partial charge in [-0.25, -0.2) is 4.98 Å². The van der Waals surface area contributed by atoms with Gasteiger partial charge in [0, 0.05) is 13.4 Å². The van der Waals surface area contributed by atoms with Crippen molar-refractivity contribution in [2.24, 2.45) is 0 Å². The van der Waals surface area contributed by atoms with Crippen LogP contribution in [-0.2, 0) is 0 Å². The molecule has 0 radical (unpaired) electrons. The van der Waals surface area contributed by atoms with Gasteiger partial charge in [-0.15, -0.1) is 0 Å². The highest BCUT2D eigenvalue weighted by atomic mass is 79.9. The molecule has 6 heteroatoms. The molecule has 0 fully saturated rings. The minimum absolute atomic E-state index is 0.206. The van der Waals surface area contributed by atoms with E-state index >= 15 is 0 Å². The van der Waals surface area contributed by atoms with E-state index in [2.05, 4.69) is 58.1 Å². The molecule has 0 spiro atoms. The van der Waals surface area contributed by atoms with Crippen molar-refractivity contribution in [3.8, 4) is 0 Å². The largest absolute Gasteiger partial charge is 0.307 e. The fourth-order valence-corrected chi connectivity index (χ4v) is 2.48. The van der Waals surface area contributed by atoms with Gasteiger partial charge < -0.3 is 5.32 Å². The zero-order valence-corrected chi connectivity index (χ0v) is 14.6. The summed E-state index contributed by atoms with van der Waals surface area (Å²) >= 11 is 10.1. The summed E-state index contributed by atoms with van der Waals surface area (Å²) in [5.41, 5.74) is 1.38. The first-order valence-electron chi connectivity index (χ1n) is 5.37. The maximum atomic E-state index is 12.2. The van der Waals surface area contributed by atoms with Crippen molar-refractivity contribution >= 4 is 59.5 Å². The number of anilines is 1. The van der Waals surface area contributed by atoms with Gasteiger partial charge >= 0.3 is 0 Å². The molecular formula is C13H9Br3N2O. The number of amides is 1. The molecule has 1 heterocycles. The van der Waals surface area contributed by atoms with Gasteiger partial charge in [0.2, 0.25) is 0 Å². The van der Waals surface area contributed by atoms with E-state index in [-0.39, 0.29) is 5.91 Å². The fourth-order valence-electron chi connectivity index (χ4n) is 1.47. The molecule has 0 saturated carbocycles. The van der Waals surface area contributed by atoms with E-state index < -0.39 is 0 Å². The minimum Gasteiger partial charge on any atom is -0.307 e. The summed E-state index contributed by atoms with van der Waals surface area (Å²) in [6.45, 7) is 1.87. The number of carbonyl (C=O) groups is 1. The molecule has 1 aromatic carbocycles. The average molecular weight is 449 g/mol. The monoisotopic (exact) mass is 446 g/mol. The molecule has 1 amide bonds. The molecule has 0 atom stereocenters. The molecule has 1 N–H and O–H groups in total. The number of pyridine rings is 1. The lowest BCUT2D eigenvalue weighted by Gasteiger charge is -2.08. The standard InChI is InChI=1S/C13H9Br3N2O/c1-7-10(15)4-5-12(17-7)18-13(19)9-6-8(14)2-3-11(9)16/h2-6H,1H3,(H,17,18,19). The molecule has 0 bridgehead atoms. The number of benzene rings is 1. The first-order valence-corrected chi connectivity index (χ1v) is 7.75. The number of halogens is 3. The van der Waals surface area contributed by atoms with Crippen LogP contribution in [0.3, 0.4) is 0 Å². The average Bonchev–Trinajstić information content (AvgIpc) is 2.36. The van der Waals surface area contributed by atoms with Crippen LogP contribution in [0.1, 0.15) is 16.1 Å². The lowest BCUT2D eigenvalue weighted by Crippen LogP contribution is -2.14. The Bertz CT molecular complexity index is 644. The molecule has 2 aromatic rings. The zero-order valence-electron chi connectivity index (χ0n) is 9.88. The van der Waals surface area contributed by atoms with Crippen molar-refractivity contribution in [3.63, 3.8) is 0 Å². The number of hydrogen-bond acceptors (Lipinski definition) is 2. The van der Waals surface area contributed by atoms with Crippen molar-refractivity contribution in [1.82, 2.24) is 4.98 Å². The quantitative estimate of drug-likeness (QED) is 0.707. The Balaban J connectivity index is 2.25. The van der Waals surface area contributed by atoms with E-state index in [9.17, 15) is 4.79 Å². The number of rotatable bonds is 2. The van der Waals surface area contributed by atoms with Gasteiger partial charge in [0.15, 0.2) is 0 Å². The molecule has 0 aliphatic heterocycles. The van der Waals surface area contributed by atoms with Crippen molar-refractivity contribution in [2.75, 3.05) is 5.32 Å². The van der Waals surface area contributed by atoms with E-state index in [1.54, 1.807) is 12.1 Å². The van der Waals surface area contributed by atoms with Crippen LogP contribution in [-0.4, -0.2) is 10.9 Å². The van der Waals surface area contributed by atoms with Crippen molar-refractivity contribution in [1.29, 1.82) is 0 Å². The second-order valence-corrected chi connectivity index (χ2v) is 6.47. The maximum Gasteiger partial charge on any atom is 0.258 e. The van der Waals surface area contributed by atoms with Crippen LogP contribution in [0, 0.1) is 6.92 Å². The Kier molecular flexibility index (Phi) is 4.76. The Morgan fingerprint density at radius 2 is 1.79 bits per heavy atom. The molecule has 0 aliphatic rings. The molecule has 0 aliphatic carbocycles. The zero-order chi connectivity index (χ0) is 14.0. The summed E-state index contributed by atoms with van der Waals surface area (Å²) in [7, 11) is 0. The van der Waals surface area contributed by atoms with Gasteiger partial charge in [0.05, 0.1) is 11.3 Å². The smallest absolute Gasteiger partial charge is 0.258 e. The summed E-state index contributed by atoms with van der Waals surface area (Å²) < 4.78 is 2.50. The second-order valence-electron chi connectivity index (χ2n) is 3.84. The van der Waals surface area contributed by atoms with Crippen LogP contribution in [0.15, 0.2) is 43.7 Å². The Morgan fingerprint density at radius 1 is 1.11 bits per heavy atom. The summed E-state index contributed by atoms with van der Waals surface area (Å²) in [6.07, 6.45) is 0. The summed E-state index contributed by atoms with van der Waals surface area (Å²) in [5.74, 6) is 0.319. The van der Waals surface area contributed by atoms with Gasteiger partial charge in [0.1, 0.15) is 5.82 Å². The first kappa shape index (κ1) is 14.7. The lowest BCUT2D eigenvalue weighted by atomic mass is 10.2. The Hall–Kier alpha value is -0.720. The molecule has 19 heavy (non-hydrogen) atoms. The van der Waals surface area contributed by atoms with Crippen molar-refractivity contribution in [3.05, 3.63) is 55.0 Å². The predicted molar refractivity (Wildman–Crippen MR) is 86.5 cm³/mol. The fraction of sp³-hybridized carbons (Fsp3) is 0.0769. The molecule has 0 saturated heterocycles. The van der Waals surface area contributed by atoms with Crippen LogP contribution in [0.4, 0.5) is 5.82 Å². The Morgan fingerprint density at radius 3 is 2.47 bits per heavy atom. The van der Waals surface area contributed by atoms with E-state index in [0.29, 0.717) is 11.4 Å². The van der Waals surface area contributed by atoms with Crippen molar-refractivity contribution < 1.29 is 4.79 Å². The number of nitrogens with zero attached hydrogens (tertiary/aromatic N) is 1. The molecule has 2 rings (SSSR count). The highest BCUT2D eigenvalue weighted by Gasteiger charge is 2.11. The van der Waals surface area contributed by atoms with Gasteiger partial charge in [-0.2, -0.15) is 0 Å². The van der Waals surface area contributed by atoms with E-state index in [4.69, 9.17) is 0 Å². The molecule has 98 valence electrons. The number of aromatic nitrogens is 1. The van der Waals surface area contributed by atoms with Crippen LogP contribution in [0.25, 0.3) is 0 Å². The topological polar surface area (TPSA) is 42.0 Å². The van der Waals surface area contributed by atoms with Gasteiger partial charge in [0.25, 0.3) is 5.91 Å². The number of carbonyl (C=O) groups excluding carboxylic acids is 1. The SMILES string of the molecule is Cc1nc(NC(=O)c2cc(Br)ccc2Br)ccc1Br. The van der Waals surface area contributed by atoms with Crippen LogP contribution < -0.4 is 5.32 Å². The summed E-state index contributed by atoms with van der Waals surface area (Å²) in [4.78, 5) is 16.5. The van der Waals surface area contributed by atoms with Crippen LogP contribution in [0.5, 0.6) is 0 Å². The predicted octanol–water partition coefficient (Wildman–Crippen LogP) is 4.93. The summed E-state index contributed by atoms with van der Waals surface area (Å²) in [6, 6.07) is 9.04. The lowest BCUT2D eigenvalue weighted by molar-refractivity contribution is 0.102. The van der Waals surface area contributed by atoms with Crippen LogP contribution >= 0.6 is 47.8 Å². The number of nitrogens with one attached hydrogen (secondary N) is 1. The third kappa shape index (κ3) is 3.64. The molecule has 0 unspecified atom stereocenters. The van der Waals surface area contributed by atoms with E-state index in [0.717, 1.165) is 19.1 Å². The molecular weight excluding hydrogens is 440 g/mol. The normalized spacial score (nSPS) is 10.3. The maximum absolute atomic E-state index is 12.2. The molecule has 1 aromatic heterocycles. The summed E-state index contributed by atoms with van der Waals surface area (Å²) in [5, 5.41) is 2.77. The van der Waals surface area contributed by atoms with E-state index in [1.807, 2.05) is 25.1 Å². The highest BCUT2D eigenvalue weighted by Crippen LogP contribution is 2.23. The van der Waals surface area contributed by atoms with Crippen molar-refractivity contribution in [2.45, 2.75) is 6.92 Å². The third-order valence-electron chi connectivity index (χ3n) is 2.44. The first-order chi connectivity index (χ1) is 8.97. The Labute approximate surface area is 136 Å². The number of hydrogen-bond donors (Lipinski definition) is 1. The second kappa shape index (κ2) is 6.15. The van der Waals surface area contributed by atoms with Gasteiger partial charge in [-0.05, 0) is 69.1 Å². The van der Waals surface area contributed by atoms with E-state index in [1.165, 1.54) is 0 Å². The minimum atomic E-state index is -0.206. The third-order valence-corrected chi connectivity index (χ3v) is 4.46. The highest BCUT2D eigenvalue weighted by molar-refractivity contribution is 9.11. The van der Waals surface area contributed by atoms with Gasteiger partial charge in [-0.1, -0.05) is 15.9 Å². The molecule has 3 nitrogen and oxygen atoms in total.